The van der Waals surface area contributed by atoms with Crippen LogP contribution in [0.3, 0.4) is 0 Å². The summed E-state index contributed by atoms with van der Waals surface area (Å²) in [4.78, 5) is 2.44. The standard InChI is InChI=1S/C24H30N6O/c1-23(2)11-18(12-24(3,4)29-23)30-8-7-16-9-20(27-28-22(16)30)19-6-5-15(10-21(19)31)17-13-25-26-14-17/h5-6,9-10,13-14,18,29,31H,7-8,11-12H2,1-4H3,(H,25,26). The molecule has 0 saturated carbocycles. The molecule has 0 radical (unpaired) electrons. The van der Waals surface area contributed by atoms with Gasteiger partial charge in [0.05, 0.1) is 11.9 Å². The van der Waals surface area contributed by atoms with E-state index in [0.717, 1.165) is 42.8 Å². The molecule has 0 bridgehead atoms. The minimum atomic E-state index is 0.0884. The maximum atomic E-state index is 10.6. The monoisotopic (exact) mass is 418 g/mol. The molecule has 2 aromatic heterocycles. The van der Waals surface area contributed by atoms with Gasteiger partial charge in [0.25, 0.3) is 0 Å². The van der Waals surface area contributed by atoms with Crippen LogP contribution in [0.1, 0.15) is 46.1 Å². The molecule has 1 fully saturated rings. The summed E-state index contributed by atoms with van der Waals surface area (Å²) >= 11 is 0. The molecule has 0 spiro atoms. The third kappa shape index (κ3) is 3.78. The van der Waals surface area contributed by atoms with Crippen LogP contribution in [0.15, 0.2) is 36.7 Å². The SMILES string of the molecule is CC1(C)CC(N2CCc3cc(-c4ccc(-c5cn[nH]c5)cc4O)nnc32)CC(C)(C)N1. The number of aromatic nitrogens is 4. The number of fused-ring (bicyclic) bond motifs is 1. The van der Waals surface area contributed by atoms with Gasteiger partial charge in [0.2, 0.25) is 0 Å². The first-order valence-electron chi connectivity index (χ1n) is 11.0. The van der Waals surface area contributed by atoms with Gasteiger partial charge in [-0.05, 0) is 70.7 Å². The van der Waals surface area contributed by atoms with Gasteiger partial charge in [0.15, 0.2) is 5.82 Å². The topological polar surface area (TPSA) is 90.0 Å². The molecule has 0 unspecified atom stereocenters. The number of aromatic hydroxyl groups is 1. The fraction of sp³-hybridized carbons (Fsp3) is 0.458. The Morgan fingerprint density at radius 3 is 2.48 bits per heavy atom. The van der Waals surface area contributed by atoms with Gasteiger partial charge in [-0.15, -0.1) is 10.2 Å². The molecule has 162 valence electrons. The van der Waals surface area contributed by atoms with Crippen LogP contribution in [0.4, 0.5) is 5.82 Å². The van der Waals surface area contributed by atoms with Crippen LogP contribution < -0.4 is 10.2 Å². The van der Waals surface area contributed by atoms with E-state index in [1.165, 1.54) is 5.56 Å². The van der Waals surface area contributed by atoms with Crippen LogP contribution in [0.25, 0.3) is 22.4 Å². The zero-order valence-electron chi connectivity index (χ0n) is 18.6. The molecule has 3 N–H and O–H groups in total. The van der Waals surface area contributed by atoms with Gasteiger partial charge in [0.1, 0.15) is 5.75 Å². The number of nitrogens with zero attached hydrogens (tertiary/aromatic N) is 4. The highest BCUT2D eigenvalue weighted by Crippen LogP contribution is 2.39. The number of nitrogens with one attached hydrogen (secondary N) is 2. The lowest BCUT2D eigenvalue weighted by molar-refractivity contribution is 0.159. The Morgan fingerprint density at radius 2 is 1.81 bits per heavy atom. The highest BCUT2D eigenvalue weighted by Gasteiger charge is 2.41. The van der Waals surface area contributed by atoms with Crippen molar-refractivity contribution >= 4 is 5.82 Å². The molecule has 5 rings (SSSR count). The fourth-order valence-corrected chi connectivity index (χ4v) is 5.51. The smallest absolute Gasteiger partial charge is 0.154 e. The predicted octanol–water partition coefficient (Wildman–Crippen LogP) is 3.91. The zero-order chi connectivity index (χ0) is 21.8. The molecule has 1 saturated heterocycles. The Kier molecular flexibility index (Phi) is 4.55. The van der Waals surface area contributed by atoms with Crippen LogP contribution in [-0.2, 0) is 6.42 Å². The minimum absolute atomic E-state index is 0.0884. The van der Waals surface area contributed by atoms with Crippen molar-refractivity contribution < 1.29 is 5.11 Å². The summed E-state index contributed by atoms with van der Waals surface area (Å²) in [6.07, 6.45) is 6.66. The van der Waals surface area contributed by atoms with Gasteiger partial charge >= 0.3 is 0 Å². The van der Waals surface area contributed by atoms with Crippen LogP contribution in [0, 0.1) is 0 Å². The normalized spacial score (nSPS) is 20.1. The molecule has 7 heteroatoms. The molecule has 31 heavy (non-hydrogen) atoms. The van der Waals surface area contributed by atoms with Gasteiger partial charge in [-0.3, -0.25) is 5.10 Å². The zero-order valence-corrected chi connectivity index (χ0v) is 18.6. The van der Waals surface area contributed by atoms with Crippen LogP contribution >= 0.6 is 0 Å². The molecule has 0 amide bonds. The number of hydrogen-bond acceptors (Lipinski definition) is 6. The number of rotatable bonds is 3. The van der Waals surface area contributed by atoms with Gasteiger partial charge in [-0.25, -0.2) is 0 Å². The summed E-state index contributed by atoms with van der Waals surface area (Å²) in [5, 5.41) is 30.3. The fourth-order valence-electron chi connectivity index (χ4n) is 5.51. The van der Waals surface area contributed by atoms with E-state index in [9.17, 15) is 5.11 Å². The average Bonchev–Trinajstić information content (AvgIpc) is 3.35. The van der Waals surface area contributed by atoms with Crippen LogP contribution in [0.5, 0.6) is 5.75 Å². The van der Waals surface area contributed by atoms with Crippen molar-refractivity contribution in [1.29, 1.82) is 0 Å². The lowest BCUT2D eigenvalue weighted by Crippen LogP contribution is -2.62. The summed E-state index contributed by atoms with van der Waals surface area (Å²) < 4.78 is 0. The molecule has 0 aliphatic carbocycles. The Bertz CT molecular complexity index is 1090. The van der Waals surface area contributed by atoms with Crippen LogP contribution in [-0.4, -0.2) is 49.2 Å². The minimum Gasteiger partial charge on any atom is -0.507 e. The van der Waals surface area contributed by atoms with Crippen molar-refractivity contribution in [2.75, 3.05) is 11.4 Å². The molecule has 1 aromatic carbocycles. The first-order valence-corrected chi connectivity index (χ1v) is 11.0. The Labute approximate surface area is 182 Å². The number of benzene rings is 1. The Morgan fingerprint density at radius 1 is 1.03 bits per heavy atom. The number of phenolic OH excluding ortho intramolecular Hbond substituents is 1. The first kappa shape index (κ1) is 20.0. The maximum Gasteiger partial charge on any atom is 0.154 e. The Hall–Kier alpha value is -2.93. The van der Waals surface area contributed by atoms with Gasteiger partial charge < -0.3 is 15.3 Å². The van der Waals surface area contributed by atoms with E-state index in [4.69, 9.17) is 0 Å². The van der Waals surface area contributed by atoms with Gasteiger partial charge in [-0.1, -0.05) is 6.07 Å². The van der Waals surface area contributed by atoms with E-state index >= 15 is 0 Å². The molecular formula is C24H30N6O. The number of piperidine rings is 1. The molecule has 4 heterocycles. The maximum absolute atomic E-state index is 10.6. The lowest BCUT2D eigenvalue weighted by Gasteiger charge is -2.49. The number of hydrogen-bond donors (Lipinski definition) is 3. The van der Waals surface area contributed by atoms with E-state index in [2.05, 4.69) is 64.4 Å². The molecule has 2 aliphatic rings. The van der Waals surface area contributed by atoms with Crippen molar-refractivity contribution in [2.45, 2.75) is 64.1 Å². The highest BCUT2D eigenvalue weighted by molar-refractivity contribution is 5.74. The predicted molar refractivity (Wildman–Crippen MR) is 122 cm³/mol. The lowest BCUT2D eigenvalue weighted by atomic mass is 9.79. The quantitative estimate of drug-likeness (QED) is 0.598. The summed E-state index contributed by atoms with van der Waals surface area (Å²) in [5.74, 6) is 1.20. The van der Waals surface area contributed by atoms with Crippen molar-refractivity contribution in [1.82, 2.24) is 25.7 Å². The van der Waals surface area contributed by atoms with E-state index in [1.807, 2.05) is 18.3 Å². The highest BCUT2D eigenvalue weighted by atomic mass is 16.3. The summed E-state index contributed by atoms with van der Waals surface area (Å²) in [7, 11) is 0. The molecule has 7 nitrogen and oxygen atoms in total. The van der Waals surface area contributed by atoms with Gasteiger partial charge in [0, 0.05) is 46.6 Å². The molecule has 3 aromatic rings. The van der Waals surface area contributed by atoms with Crippen molar-refractivity contribution in [3.63, 3.8) is 0 Å². The van der Waals surface area contributed by atoms with E-state index in [-0.39, 0.29) is 16.8 Å². The molecular weight excluding hydrogens is 388 g/mol. The molecule has 2 aliphatic heterocycles. The Balaban J connectivity index is 1.42. The third-order valence-corrected chi connectivity index (χ3v) is 6.46. The number of H-pyrrole nitrogens is 1. The van der Waals surface area contributed by atoms with Crippen molar-refractivity contribution in [3.8, 4) is 28.1 Å². The number of anilines is 1. The van der Waals surface area contributed by atoms with E-state index < -0.39 is 0 Å². The number of aromatic amines is 1. The van der Waals surface area contributed by atoms with Crippen molar-refractivity contribution in [3.05, 3.63) is 42.2 Å². The average molecular weight is 419 g/mol. The second-order valence-corrected chi connectivity index (χ2v) is 10.2. The second kappa shape index (κ2) is 7.05. The van der Waals surface area contributed by atoms with Crippen molar-refractivity contribution in [2.24, 2.45) is 0 Å². The number of phenols is 1. The summed E-state index contributed by atoms with van der Waals surface area (Å²) in [6.45, 7) is 10.1. The first-order chi connectivity index (χ1) is 14.7. The van der Waals surface area contributed by atoms with E-state index in [1.54, 1.807) is 12.3 Å². The van der Waals surface area contributed by atoms with Crippen LogP contribution in [0.2, 0.25) is 0 Å². The van der Waals surface area contributed by atoms with Gasteiger partial charge in [-0.2, -0.15) is 5.10 Å². The summed E-state index contributed by atoms with van der Waals surface area (Å²) in [5.41, 5.74) is 4.64. The molecule has 0 atom stereocenters. The third-order valence-electron chi connectivity index (χ3n) is 6.46. The summed E-state index contributed by atoms with van der Waals surface area (Å²) in [6, 6.07) is 8.15. The second-order valence-electron chi connectivity index (χ2n) is 10.2. The van der Waals surface area contributed by atoms with E-state index in [0.29, 0.717) is 17.3 Å². The largest absolute Gasteiger partial charge is 0.507 e.